The molecule has 2 aromatic rings. The minimum absolute atomic E-state index is 0.518. The van der Waals surface area contributed by atoms with Gasteiger partial charge in [0.2, 0.25) is 5.95 Å². The maximum Gasteiger partial charge on any atom is 0.201 e. The molecule has 2 N–H and O–H groups in total. The predicted molar refractivity (Wildman–Crippen MR) is 73.5 cm³/mol. The molecule has 0 bridgehead atoms. The van der Waals surface area contributed by atoms with E-state index < -0.39 is 0 Å². The predicted octanol–water partition coefficient (Wildman–Crippen LogP) is 3.46. The van der Waals surface area contributed by atoms with Gasteiger partial charge in [0, 0.05) is 11.6 Å². The number of halogens is 1. The number of nitrogens with zero attached hydrogens (tertiary/aromatic N) is 2. The van der Waals surface area contributed by atoms with Crippen LogP contribution in [0, 0.1) is 11.3 Å². The second-order valence-electron chi connectivity index (χ2n) is 5.83. The monoisotopic (exact) mass is 261 g/mol. The van der Waals surface area contributed by atoms with E-state index in [1.54, 1.807) is 0 Å². The summed E-state index contributed by atoms with van der Waals surface area (Å²) in [4.78, 5) is 4.43. The molecule has 0 aliphatic heterocycles. The molecule has 2 fully saturated rings. The Kier molecular flexibility index (Phi) is 2.03. The van der Waals surface area contributed by atoms with E-state index in [1.807, 2.05) is 18.2 Å². The summed E-state index contributed by atoms with van der Waals surface area (Å²) >= 11 is 6.08. The van der Waals surface area contributed by atoms with Crippen molar-refractivity contribution in [2.45, 2.75) is 32.2 Å². The van der Waals surface area contributed by atoms with Crippen molar-refractivity contribution in [2.75, 3.05) is 5.73 Å². The van der Waals surface area contributed by atoms with Gasteiger partial charge < -0.3 is 10.3 Å². The SMILES string of the molecule is Nc1nc2ccc(Cl)cc2n1CC1(C2CC2)CC1. The second kappa shape index (κ2) is 3.41. The molecule has 0 saturated heterocycles. The van der Waals surface area contributed by atoms with Crippen LogP contribution in [0.3, 0.4) is 0 Å². The Morgan fingerprint density at radius 3 is 2.83 bits per heavy atom. The number of aromatic nitrogens is 2. The molecule has 94 valence electrons. The van der Waals surface area contributed by atoms with Gasteiger partial charge in [0.15, 0.2) is 0 Å². The fourth-order valence-corrected chi connectivity index (χ4v) is 3.31. The summed E-state index contributed by atoms with van der Waals surface area (Å²) in [5.41, 5.74) is 8.61. The van der Waals surface area contributed by atoms with Crippen molar-refractivity contribution < 1.29 is 0 Å². The molecule has 2 aliphatic rings. The van der Waals surface area contributed by atoms with Gasteiger partial charge in [0.25, 0.3) is 0 Å². The topological polar surface area (TPSA) is 43.8 Å². The Morgan fingerprint density at radius 1 is 1.39 bits per heavy atom. The van der Waals surface area contributed by atoms with Gasteiger partial charge in [-0.05, 0) is 55.2 Å². The van der Waals surface area contributed by atoms with Gasteiger partial charge in [0.05, 0.1) is 11.0 Å². The smallest absolute Gasteiger partial charge is 0.201 e. The number of benzene rings is 1. The average Bonchev–Trinajstić information content (AvgIpc) is 3.22. The fraction of sp³-hybridized carbons (Fsp3) is 0.500. The number of nitrogen functional groups attached to an aromatic ring is 1. The molecule has 4 rings (SSSR count). The number of hydrogen-bond donors (Lipinski definition) is 1. The zero-order chi connectivity index (χ0) is 12.3. The summed E-state index contributed by atoms with van der Waals surface area (Å²) in [7, 11) is 0. The lowest BCUT2D eigenvalue weighted by molar-refractivity contribution is 0.377. The Labute approximate surface area is 111 Å². The number of rotatable bonds is 3. The highest BCUT2D eigenvalue weighted by molar-refractivity contribution is 6.31. The number of hydrogen-bond acceptors (Lipinski definition) is 2. The van der Waals surface area contributed by atoms with Crippen molar-refractivity contribution in [3.05, 3.63) is 23.2 Å². The standard InChI is InChI=1S/C14H16ClN3/c15-10-3-4-11-12(7-10)18(13(16)17-11)8-14(5-6-14)9-1-2-9/h3-4,7,9H,1-2,5-6,8H2,(H2,16,17). The molecule has 2 aliphatic carbocycles. The van der Waals surface area contributed by atoms with Crippen molar-refractivity contribution in [1.29, 1.82) is 0 Å². The first-order valence-corrected chi connectivity index (χ1v) is 6.97. The molecule has 0 amide bonds. The molecular weight excluding hydrogens is 246 g/mol. The highest BCUT2D eigenvalue weighted by Crippen LogP contribution is 2.62. The van der Waals surface area contributed by atoms with E-state index in [0.717, 1.165) is 28.5 Å². The Hall–Kier alpha value is -1.22. The van der Waals surface area contributed by atoms with Crippen LogP contribution in [0.5, 0.6) is 0 Å². The van der Waals surface area contributed by atoms with Gasteiger partial charge in [-0.3, -0.25) is 0 Å². The van der Waals surface area contributed by atoms with E-state index in [9.17, 15) is 0 Å². The summed E-state index contributed by atoms with van der Waals surface area (Å²) in [5, 5.41) is 0.750. The molecule has 1 heterocycles. The van der Waals surface area contributed by atoms with Gasteiger partial charge in [0.1, 0.15) is 0 Å². The van der Waals surface area contributed by atoms with Crippen LogP contribution in [0.2, 0.25) is 5.02 Å². The Balaban J connectivity index is 1.79. The highest BCUT2D eigenvalue weighted by atomic mass is 35.5. The molecule has 0 atom stereocenters. The average molecular weight is 262 g/mol. The van der Waals surface area contributed by atoms with E-state index in [2.05, 4.69) is 9.55 Å². The van der Waals surface area contributed by atoms with E-state index >= 15 is 0 Å². The van der Waals surface area contributed by atoms with E-state index in [0.29, 0.717) is 11.4 Å². The summed E-state index contributed by atoms with van der Waals surface area (Å²) in [5.74, 6) is 1.55. The third-order valence-corrected chi connectivity index (χ3v) is 4.78. The zero-order valence-electron chi connectivity index (χ0n) is 10.2. The maximum atomic E-state index is 6.08. The second-order valence-corrected chi connectivity index (χ2v) is 6.26. The Bertz CT molecular complexity index is 623. The molecule has 3 nitrogen and oxygen atoms in total. The fourth-order valence-electron chi connectivity index (χ4n) is 3.15. The van der Waals surface area contributed by atoms with Gasteiger partial charge in [-0.1, -0.05) is 11.6 Å². The minimum atomic E-state index is 0.518. The molecule has 0 spiro atoms. The first-order valence-electron chi connectivity index (χ1n) is 6.59. The quantitative estimate of drug-likeness (QED) is 0.920. The summed E-state index contributed by atoms with van der Waals surface area (Å²) in [6.07, 6.45) is 5.48. The molecular formula is C14H16ClN3. The minimum Gasteiger partial charge on any atom is -0.369 e. The van der Waals surface area contributed by atoms with Crippen LogP contribution in [0.15, 0.2) is 18.2 Å². The van der Waals surface area contributed by atoms with Crippen LogP contribution < -0.4 is 5.73 Å². The summed E-state index contributed by atoms with van der Waals surface area (Å²) in [6, 6.07) is 5.79. The maximum absolute atomic E-state index is 6.08. The van der Waals surface area contributed by atoms with Crippen molar-refractivity contribution >= 4 is 28.6 Å². The number of imidazole rings is 1. The molecule has 2 saturated carbocycles. The van der Waals surface area contributed by atoms with Crippen LogP contribution in [0.25, 0.3) is 11.0 Å². The molecule has 1 aromatic heterocycles. The van der Waals surface area contributed by atoms with Crippen molar-refractivity contribution in [3.63, 3.8) is 0 Å². The highest BCUT2D eigenvalue weighted by Gasteiger charge is 2.54. The first-order chi connectivity index (χ1) is 8.68. The van der Waals surface area contributed by atoms with Gasteiger partial charge in [-0.15, -0.1) is 0 Å². The summed E-state index contributed by atoms with van der Waals surface area (Å²) in [6.45, 7) is 1.01. The lowest BCUT2D eigenvalue weighted by atomic mass is 10.0. The number of fused-ring (bicyclic) bond motifs is 1. The third kappa shape index (κ3) is 1.53. The lowest BCUT2D eigenvalue weighted by Crippen LogP contribution is -2.15. The lowest BCUT2D eigenvalue weighted by Gasteiger charge is -2.16. The van der Waals surface area contributed by atoms with Crippen LogP contribution in [0.4, 0.5) is 5.95 Å². The molecule has 0 unspecified atom stereocenters. The van der Waals surface area contributed by atoms with Crippen LogP contribution in [-0.4, -0.2) is 9.55 Å². The van der Waals surface area contributed by atoms with Crippen molar-refractivity contribution in [3.8, 4) is 0 Å². The third-order valence-electron chi connectivity index (χ3n) is 4.55. The van der Waals surface area contributed by atoms with Crippen molar-refractivity contribution in [1.82, 2.24) is 9.55 Å². The largest absolute Gasteiger partial charge is 0.369 e. The van der Waals surface area contributed by atoms with Gasteiger partial charge in [-0.2, -0.15) is 0 Å². The van der Waals surface area contributed by atoms with Crippen LogP contribution in [0.1, 0.15) is 25.7 Å². The molecule has 0 radical (unpaired) electrons. The van der Waals surface area contributed by atoms with Gasteiger partial charge >= 0.3 is 0 Å². The van der Waals surface area contributed by atoms with E-state index in [4.69, 9.17) is 17.3 Å². The molecule has 4 heteroatoms. The van der Waals surface area contributed by atoms with Gasteiger partial charge in [-0.25, -0.2) is 4.98 Å². The number of nitrogens with two attached hydrogens (primary N) is 1. The molecule has 1 aromatic carbocycles. The zero-order valence-corrected chi connectivity index (χ0v) is 11.0. The summed E-state index contributed by atoms with van der Waals surface area (Å²) < 4.78 is 2.16. The van der Waals surface area contributed by atoms with Crippen LogP contribution >= 0.6 is 11.6 Å². The van der Waals surface area contributed by atoms with E-state index in [1.165, 1.54) is 25.7 Å². The van der Waals surface area contributed by atoms with Crippen LogP contribution in [-0.2, 0) is 6.54 Å². The van der Waals surface area contributed by atoms with Crippen molar-refractivity contribution in [2.24, 2.45) is 11.3 Å². The molecule has 18 heavy (non-hydrogen) atoms. The van der Waals surface area contributed by atoms with E-state index in [-0.39, 0.29) is 0 Å². The first kappa shape index (κ1) is 10.7. The normalized spacial score (nSPS) is 21.4. The Morgan fingerprint density at radius 2 is 2.17 bits per heavy atom. The number of anilines is 1.